The van der Waals surface area contributed by atoms with Gasteiger partial charge in [-0.05, 0) is 63.2 Å². The molecule has 1 amide bonds. The summed E-state index contributed by atoms with van der Waals surface area (Å²) in [4.78, 5) is 31.3. The fourth-order valence-corrected chi connectivity index (χ4v) is 5.25. The second-order valence-electron chi connectivity index (χ2n) is 7.36. The molecule has 118 valence electrons. The predicted molar refractivity (Wildman–Crippen MR) is 82.6 cm³/mol. The number of carbonyl (C=O) groups excluding carboxylic acids is 1. The molecule has 1 aromatic rings. The lowest BCUT2D eigenvalue weighted by Gasteiger charge is -2.31. The van der Waals surface area contributed by atoms with Crippen molar-refractivity contribution >= 4 is 5.91 Å². The predicted octanol–water partition coefficient (Wildman–Crippen LogP) is 1.94. The monoisotopic (exact) mass is 301 g/mol. The number of nitrogens with one attached hydrogen (secondary N) is 2. The summed E-state index contributed by atoms with van der Waals surface area (Å²) in [6, 6.07) is 0.236. The number of aromatic nitrogens is 2. The first kappa shape index (κ1) is 14.0. The highest BCUT2D eigenvalue weighted by Gasteiger charge is 2.54. The normalized spacial score (nSPS) is 35.6. The van der Waals surface area contributed by atoms with Crippen LogP contribution in [-0.4, -0.2) is 21.9 Å². The first-order valence-electron chi connectivity index (χ1n) is 8.43. The Morgan fingerprint density at radius 1 is 1.18 bits per heavy atom. The Hall–Kier alpha value is -1.65. The molecule has 2 N–H and O–H groups in total. The summed E-state index contributed by atoms with van der Waals surface area (Å²) in [6.45, 7) is 3.60. The standard InChI is InChI=1S/C17H23N3O2/c1-8-9(2)19-16(21)15(18-8)17(22)20-14-7-10-6-13(14)12-5-3-4-11(10)12/h10-14H,3-7H2,1-2H3,(H,19,21)(H,20,22)/t10-,11-,12-,13+,14-/m1/s1. The Balaban J connectivity index is 1.52. The van der Waals surface area contributed by atoms with Crippen LogP contribution in [0.4, 0.5) is 0 Å². The van der Waals surface area contributed by atoms with Gasteiger partial charge in [-0.25, -0.2) is 4.98 Å². The van der Waals surface area contributed by atoms with Gasteiger partial charge >= 0.3 is 0 Å². The fraction of sp³-hybridized carbons (Fsp3) is 0.706. The van der Waals surface area contributed by atoms with Gasteiger partial charge in [-0.3, -0.25) is 9.59 Å². The molecule has 4 rings (SSSR count). The summed E-state index contributed by atoms with van der Waals surface area (Å²) in [6.07, 6.45) is 6.39. The van der Waals surface area contributed by atoms with E-state index in [9.17, 15) is 9.59 Å². The molecular formula is C17H23N3O2. The van der Waals surface area contributed by atoms with Gasteiger partial charge in [-0.1, -0.05) is 6.42 Å². The van der Waals surface area contributed by atoms with Gasteiger partial charge in [-0.15, -0.1) is 0 Å². The summed E-state index contributed by atoms with van der Waals surface area (Å²) in [5, 5.41) is 3.11. The minimum Gasteiger partial charge on any atom is -0.347 e. The van der Waals surface area contributed by atoms with E-state index >= 15 is 0 Å². The number of amides is 1. The van der Waals surface area contributed by atoms with E-state index in [1.165, 1.54) is 25.7 Å². The smallest absolute Gasteiger partial charge is 0.279 e. The van der Waals surface area contributed by atoms with Crippen LogP contribution in [-0.2, 0) is 0 Å². The van der Waals surface area contributed by atoms with Crippen LogP contribution in [0, 0.1) is 37.5 Å². The second kappa shape index (κ2) is 4.93. The third kappa shape index (κ3) is 2.02. The van der Waals surface area contributed by atoms with Crippen molar-refractivity contribution in [1.29, 1.82) is 0 Å². The van der Waals surface area contributed by atoms with Crippen LogP contribution in [0.5, 0.6) is 0 Å². The first-order valence-corrected chi connectivity index (χ1v) is 8.43. The van der Waals surface area contributed by atoms with E-state index in [0.717, 1.165) is 29.9 Å². The van der Waals surface area contributed by atoms with E-state index < -0.39 is 0 Å². The molecule has 3 fully saturated rings. The molecule has 5 nitrogen and oxygen atoms in total. The zero-order valence-corrected chi connectivity index (χ0v) is 13.2. The molecule has 3 saturated carbocycles. The van der Waals surface area contributed by atoms with Crippen molar-refractivity contribution in [3.05, 3.63) is 27.4 Å². The zero-order valence-electron chi connectivity index (χ0n) is 13.2. The SMILES string of the molecule is Cc1nc(C(=O)N[C@@H]2C[C@H]3C[C@H]2[C@@H]2CCC[C@H]32)c(=O)[nH]c1C. The minimum absolute atomic E-state index is 0.00819. The molecule has 1 aromatic heterocycles. The van der Waals surface area contributed by atoms with Gasteiger partial charge in [0.25, 0.3) is 11.5 Å². The first-order chi connectivity index (χ1) is 10.5. The maximum Gasteiger partial charge on any atom is 0.279 e. The van der Waals surface area contributed by atoms with Crippen LogP contribution in [0.25, 0.3) is 0 Å². The van der Waals surface area contributed by atoms with E-state index in [1.807, 2.05) is 6.92 Å². The topological polar surface area (TPSA) is 74.8 Å². The van der Waals surface area contributed by atoms with Crippen LogP contribution < -0.4 is 10.9 Å². The van der Waals surface area contributed by atoms with Crippen molar-refractivity contribution in [2.24, 2.45) is 23.7 Å². The zero-order chi connectivity index (χ0) is 15.4. The molecule has 1 heterocycles. The molecule has 0 unspecified atom stereocenters. The molecule has 2 bridgehead atoms. The Labute approximate surface area is 129 Å². The molecule has 0 radical (unpaired) electrons. The summed E-state index contributed by atoms with van der Waals surface area (Å²) in [5.41, 5.74) is 1.04. The Morgan fingerprint density at radius 3 is 2.77 bits per heavy atom. The van der Waals surface area contributed by atoms with Crippen LogP contribution in [0.15, 0.2) is 4.79 Å². The summed E-state index contributed by atoms with van der Waals surface area (Å²) in [5.74, 6) is 2.80. The van der Waals surface area contributed by atoms with E-state index in [1.54, 1.807) is 6.92 Å². The minimum atomic E-state index is -0.387. The van der Waals surface area contributed by atoms with Crippen molar-refractivity contribution in [3.63, 3.8) is 0 Å². The number of carbonyl (C=O) groups is 1. The molecule has 0 aromatic carbocycles. The number of hydrogen-bond donors (Lipinski definition) is 2. The molecule has 22 heavy (non-hydrogen) atoms. The van der Waals surface area contributed by atoms with Crippen molar-refractivity contribution in [2.45, 2.75) is 52.0 Å². The maximum absolute atomic E-state index is 12.5. The molecule has 5 atom stereocenters. The van der Waals surface area contributed by atoms with E-state index in [0.29, 0.717) is 11.6 Å². The average Bonchev–Trinajstić information content (AvgIpc) is 3.14. The van der Waals surface area contributed by atoms with E-state index in [4.69, 9.17) is 0 Å². The highest BCUT2D eigenvalue weighted by Crippen LogP contribution is 2.58. The Bertz CT molecular complexity index is 681. The average molecular weight is 301 g/mol. The number of aromatic amines is 1. The van der Waals surface area contributed by atoms with Gasteiger partial charge in [0, 0.05) is 11.7 Å². The number of H-pyrrole nitrogens is 1. The third-order valence-corrected chi connectivity index (χ3v) is 6.30. The Kier molecular flexibility index (Phi) is 3.13. The van der Waals surface area contributed by atoms with Gasteiger partial charge < -0.3 is 10.3 Å². The van der Waals surface area contributed by atoms with Crippen LogP contribution in [0.2, 0.25) is 0 Å². The van der Waals surface area contributed by atoms with Crippen LogP contribution >= 0.6 is 0 Å². The van der Waals surface area contributed by atoms with Crippen molar-refractivity contribution < 1.29 is 4.79 Å². The highest BCUT2D eigenvalue weighted by atomic mass is 16.2. The summed E-state index contributed by atoms with van der Waals surface area (Å²) < 4.78 is 0. The van der Waals surface area contributed by atoms with Gasteiger partial charge in [0.2, 0.25) is 0 Å². The number of rotatable bonds is 2. The number of fused-ring (bicyclic) bond motifs is 5. The van der Waals surface area contributed by atoms with Crippen molar-refractivity contribution in [2.75, 3.05) is 0 Å². The lowest BCUT2D eigenvalue weighted by atomic mass is 9.79. The summed E-state index contributed by atoms with van der Waals surface area (Å²) >= 11 is 0. The lowest BCUT2D eigenvalue weighted by molar-refractivity contribution is 0.0894. The summed E-state index contributed by atoms with van der Waals surface area (Å²) in [7, 11) is 0. The number of hydrogen-bond acceptors (Lipinski definition) is 3. The van der Waals surface area contributed by atoms with Gasteiger partial charge in [0.15, 0.2) is 5.69 Å². The molecule has 0 aliphatic heterocycles. The highest BCUT2D eigenvalue weighted by molar-refractivity contribution is 5.92. The van der Waals surface area contributed by atoms with E-state index in [-0.39, 0.29) is 23.2 Å². The Morgan fingerprint density at radius 2 is 1.95 bits per heavy atom. The molecule has 3 aliphatic carbocycles. The molecule has 0 saturated heterocycles. The second-order valence-corrected chi connectivity index (χ2v) is 7.36. The van der Waals surface area contributed by atoms with Crippen molar-refractivity contribution in [1.82, 2.24) is 15.3 Å². The largest absolute Gasteiger partial charge is 0.347 e. The molecule has 0 spiro atoms. The van der Waals surface area contributed by atoms with Crippen LogP contribution in [0.3, 0.4) is 0 Å². The molecular weight excluding hydrogens is 278 g/mol. The van der Waals surface area contributed by atoms with Crippen molar-refractivity contribution in [3.8, 4) is 0 Å². The fourth-order valence-electron chi connectivity index (χ4n) is 5.25. The van der Waals surface area contributed by atoms with Crippen LogP contribution in [0.1, 0.15) is 54.0 Å². The van der Waals surface area contributed by atoms with Gasteiger partial charge in [0.1, 0.15) is 0 Å². The molecule has 3 aliphatic rings. The lowest BCUT2D eigenvalue weighted by Crippen LogP contribution is -2.44. The van der Waals surface area contributed by atoms with Gasteiger partial charge in [-0.2, -0.15) is 0 Å². The maximum atomic E-state index is 12.5. The number of nitrogens with zero attached hydrogens (tertiary/aromatic N) is 1. The van der Waals surface area contributed by atoms with E-state index in [2.05, 4.69) is 15.3 Å². The third-order valence-electron chi connectivity index (χ3n) is 6.30. The van der Waals surface area contributed by atoms with Gasteiger partial charge in [0.05, 0.1) is 5.69 Å². The molecule has 5 heteroatoms. The quantitative estimate of drug-likeness (QED) is 0.876. The number of aryl methyl sites for hydroxylation is 2.